The van der Waals surface area contributed by atoms with Gasteiger partial charge in [-0.3, -0.25) is 4.90 Å². The van der Waals surface area contributed by atoms with Crippen molar-refractivity contribution in [3.05, 3.63) is 18.2 Å². The molecule has 0 radical (unpaired) electrons. The molecule has 0 aliphatic carbocycles. The molecule has 1 atom stereocenters. The summed E-state index contributed by atoms with van der Waals surface area (Å²) in [4.78, 5) is 2.30. The molecule has 1 aromatic carbocycles. The standard InChI is InChI=1S/C17H24N2O6S2/c20-26(21)11-4-14(13-26)18-5-7-19(8-6-18)27(22,23)15-2-3-16-17(12-15)25-10-1-9-24-16/h2-3,12,14H,1,4-11,13H2/t14-/m0/s1. The number of nitrogens with zero attached hydrogens (tertiary/aromatic N) is 2. The highest BCUT2D eigenvalue weighted by Gasteiger charge is 2.36. The molecule has 0 N–H and O–H groups in total. The number of fused-ring (bicyclic) bond motifs is 1. The molecule has 3 aliphatic rings. The van der Waals surface area contributed by atoms with Crippen LogP contribution in [0.25, 0.3) is 0 Å². The number of ether oxygens (including phenoxy) is 2. The maximum absolute atomic E-state index is 13.0. The Morgan fingerprint density at radius 2 is 1.70 bits per heavy atom. The Bertz CT molecular complexity index is 907. The summed E-state index contributed by atoms with van der Waals surface area (Å²) in [5, 5.41) is 0. The highest BCUT2D eigenvalue weighted by molar-refractivity contribution is 7.91. The predicted octanol–water partition coefficient (Wildman–Crippen LogP) is 0.341. The number of sulfone groups is 1. The Kier molecular flexibility index (Phi) is 5.08. The van der Waals surface area contributed by atoms with Crippen molar-refractivity contribution in [2.24, 2.45) is 0 Å². The maximum atomic E-state index is 13.0. The zero-order valence-corrected chi connectivity index (χ0v) is 16.7. The monoisotopic (exact) mass is 416 g/mol. The number of rotatable bonds is 3. The van der Waals surface area contributed by atoms with Gasteiger partial charge in [0.15, 0.2) is 21.3 Å². The van der Waals surface area contributed by atoms with Gasteiger partial charge in [-0.2, -0.15) is 4.31 Å². The second-order valence-corrected chi connectivity index (χ2v) is 11.3. The van der Waals surface area contributed by atoms with Crippen LogP contribution in [-0.4, -0.2) is 83.0 Å². The lowest BCUT2D eigenvalue weighted by Gasteiger charge is -2.37. The van der Waals surface area contributed by atoms with Crippen LogP contribution in [0.15, 0.2) is 23.1 Å². The number of sulfonamides is 1. The van der Waals surface area contributed by atoms with Gasteiger partial charge < -0.3 is 9.47 Å². The van der Waals surface area contributed by atoms with E-state index in [-0.39, 0.29) is 22.4 Å². The summed E-state index contributed by atoms with van der Waals surface area (Å²) >= 11 is 0. The third-order valence-electron chi connectivity index (χ3n) is 5.35. The quantitative estimate of drug-likeness (QED) is 0.701. The van der Waals surface area contributed by atoms with Gasteiger partial charge in [-0.15, -0.1) is 0 Å². The first-order valence-corrected chi connectivity index (χ1v) is 12.5. The second kappa shape index (κ2) is 7.23. The van der Waals surface area contributed by atoms with Crippen molar-refractivity contribution in [2.75, 3.05) is 50.9 Å². The Morgan fingerprint density at radius 1 is 1.00 bits per heavy atom. The van der Waals surface area contributed by atoms with E-state index in [1.807, 2.05) is 0 Å². The molecule has 2 saturated heterocycles. The van der Waals surface area contributed by atoms with Gasteiger partial charge >= 0.3 is 0 Å². The summed E-state index contributed by atoms with van der Waals surface area (Å²) in [6.07, 6.45) is 1.40. The molecule has 0 bridgehead atoms. The van der Waals surface area contributed by atoms with Gasteiger partial charge in [0.05, 0.1) is 29.6 Å². The number of hydrogen-bond donors (Lipinski definition) is 0. The van der Waals surface area contributed by atoms with E-state index < -0.39 is 19.9 Å². The van der Waals surface area contributed by atoms with E-state index in [1.165, 1.54) is 10.4 Å². The van der Waals surface area contributed by atoms with E-state index in [0.717, 1.165) is 6.42 Å². The molecule has 150 valence electrons. The maximum Gasteiger partial charge on any atom is 0.243 e. The zero-order valence-electron chi connectivity index (χ0n) is 15.0. The molecule has 2 fully saturated rings. The number of piperazine rings is 1. The van der Waals surface area contributed by atoms with Gasteiger partial charge in [-0.1, -0.05) is 0 Å². The summed E-state index contributed by atoms with van der Waals surface area (Å²) < 4.78 is 62.0. The molecule has 27 heavy (non-hydrogen) atoms. The Morgan fingerprint density at radius 3 is 2.37 bits per heavy atom. The molecule has 8 nitrogen and oxygen atoms in total. The lowest BCUT2D eigenvalue weighted by Crippen LogP contribution is -2.52. The summed E-state index contributed by atoms with van der Waals surface area (Å²) in [7, 11) is -6.57. The van der Waals surface area contributed by atoms with Crippen LogP contribution >= 0.6 is 0 Å². The lowest BCUT2D eigenvalue weighted by atomic mass is 10.2. The van der Waals surface area contributed by atoms with Crippen molar-refractivity contribution >= 4 is 19.9 Å². The van der Waals surface area contributed by atoms with Crippen molar-refractivity contribution < 1.29 is 26.3 Å². The summed E-state index contributed by atoms with van der Waals surface area (Å²) in [5.74, 6) is 1.44. The third-order valence-corrected chi connectivity index (χ3v) is 9.00. The van der Waals surface area contributed by atoms with E-state index in [1.54, 1.807) is 12.1 Å². The fourth-order valence-electron chi connectivity index (χ4n) is 3.83. The summed E-state index contributed by atoms with van der Waals surface area (Å²) in [6.45, 7) is 2.85. The molecule has 0 aromatic heterocycles. The predicted molar refractivity (Wildman–Crippen MR) is 99.4 cm³/mol. The molecular formula is C17H24N2O6S2. The molecular weight excluding hydrogens is 392 g/mol. The van der Waals surface area contributed by atoms with Crippen LogP contribution in [0.5, 0.6) is 11.5 Å². The Balaban J connectivity index is 1.45. The van der Waals surface area contributed by atoms with Gasteiger partial charge in [0, 0.05) is 44.7 Å². The lowest BCUT2D eigenvalue weighted by molar-refractivity contribution is 0.148. The average molecular weight is 417 g/mol. The van der Waals surface area contributed by atoms with E-state index in [2.05, 4.69) is 4.90 Å². The minimum atomic E-state index is -3.62. The van der Waals surface area contributed by atoms with Gasteiger partial charge in [0.25, 0.3) is 0 Å². The second-order valence-electron chi connectivity index (χ2n) is 7.16. The van der Waals surface area contributed by atoms with Crippen LogP contribution in [0.4, 0.5) is 0 Å². The molecule has 0 amide bonds. The normalized spacial score (nSPS) is 26.6. The van der Waals surface area contributed by atoms with E-state index in [4.69, 9.17) is 9.47 Å². The highest BCUT2D eigenvalue weighted by atomic mass is 32.2. The van der Waals surface area contributed by atoms with Gasteiger partial charge in [0.1, 0.15) is 0 Å². The summed E-state index contributed by atoms with van der Waals surface area (Å²) in [5.41, 5.74) is 0. The first-order valence-electron chi connectivity index (χ1n) is 9.19. The molecule has 0 saturated carbocycles. The molecule has 3 heterocycles. The minimum Gasteiger partial charge on any atom is -0.490 e. The Hall–Kier alpha value is -1.36. The number of hydrogen-bond acceptors (Lipinski definition) is 7. The van der Waals surface area contributed by atoms with E-state index in [0.29, 0.717) is 57.3 Å². The fourth-order valence-corrected chi connectivity index (χ4v) is 7.03. The summed E-state index contributed by atoms with van der Waals surface area (Å²) in [6, 6.07) is 4.75. The minimum absolute atomic E-state index is 0.0119. The van der Waals surface area contributed by atoms with E-state index >= 15 is 0 Å². The smallest absolute Gasteiger partial charge is 0.243 e. The molecule has 0 unspecified atom stereocenters. The van der Waals surface area contributed by atoms with Crippen molar-refractivity contribution in [1.82, 2.24) is 9.21 Å². The van der Waals surface area contributed by atoms with Gasteiger partial charge in [-0.05, 0) is 18.6 Å². The van der Waals surface area contributed by atoms with Crippen LogP contribution < -0.4 is 9.47 Å². The van der Waals surface area contributed by atoms with Gasteiger partial charge in [0.2, 0.25) is 10.0 Å². The van der Waals surface area contributed by atoms with Crippen molar-refractivity contribution in [2.45, 2.75) is 23.8 Å². The average Bonchev–Trinajstić information content (AvgIpc) is 2.87. The topological polar surface area (TPSA) is 93.2 Å². The first-order chi connectivity index (χ1) is 12.9. The van der Waals surface area contributed by atoms with Gasteiger partial charge in [-0.25, -0.2) is 16.8 Å². The largest absolute Gasteiger partial charge is 0.490 e. The number of benzene rings is 1. The molecule has 4 rings (SSSR count). The van der Waals surface area contributed by atoms with Crippen LogP contribution in [-0.2, 0) is 19.9 Å². The van der Waals surface area contributed by atoms with Crippen LogP contribution in [0.2, 0.25) is 0 Å². The van der Waals surface area contributed by atoms with Crippen LogP contribution in [0.3, 0.4) is 0 Å². The molecule has 1 aromatic rings. The van der Waals surface area contributed by atoms with Crippen LogP contribution in [0, 0.1) is 0 Å². The van der Waals surface area contributed by atoms with Crippen molar-refractivity contribution in [3.63, 3.8) is 0 Å². The fraction of sp³-hybridized carbons (Fsp3) is 0.647. The van der Waals surface area contributed by atoms with Crippen LogP contribution in [0.1, 0.15) is 12.8 Å². The SMILES string of the molecule is O=S1(=O)CC[C@H](N2CCN(S(=O)(=O)c3ccc4c(c3)OCCCO4)CC2)C1. The molecule has 3 aliphatic heterocycles. The molecule has 10 heteroatoms. The van der Waals surface area contributed by atoms with E-state index in [9.17, 15) is 16.8 Å². The van der Waals surface area contributed by atoms with Crippen molar-refractivity contribution in [3.8, 4) is 11.5 Å². The first kappa shape index (κ1) is 19.0. The Labute approximate surface area is 160 Å². The zero-order chi connectivity index (χ0) is 19.1. The third kappa shape index (κ3) is 3.94. The highest BCUT2D eigenvalue weighted by Crippen LogP contribution is 2.33. The van der Waals surface area contributed by atoms with Crippen molar-refractivity contribution in [1.29, 1.82) is 0 Å². The molecule has 0 spiro atoms.